The Morgan fingerprint density at radius 3 is 2.38 bits per heavy atom. The van der Waals surface area contributed by atoms with Gasteiger partial charge in [0.05, 0.1) is 19.8 Å². The van der Waals surface area contributed by atoms with Gasteiger partial charge < -0.3 is 14.4 Å². The number of esters is 1. The van der Waals surface area contributed by atoms with E-state index in [0.717, 1.165) is 17.8 Å². The highest BCUT2D eigenvalue weighted by molar-refractivity contribution is 5.89. The molecule has 7 nitrogen and oxygen atoms in total. The van der Waals surface area contributed by atoms with Gasteiger partial charge in [-0.15, -0.1) is 0 Å². The average molecular weight is 440 g/mol. The standard InChI is InChI=1S/C17H26N2O.C8H7NO3/c1-11-12(2)17(20-5)7-6-16(11)13(3)19-10-14-8-15(19)9-18(14)4;1-12-8(11)6-2-3-7(5-10)9-4-6/h6-7,13-15H,8-10H2,1-5H3;2-5H,1H3/t13-,14-,15-;/m0./s1. The number of aromatic nitrogens is 1. The summed E-state index contributed by atoms with van der Waals surface area (Å²) >= 11 is 0. The van der Waals surface area contributed by atoms with Crippen LogP contribution in [0, 0.1) is 13.8 Å². The van der Waals surface area contributed by atoms with Crippen LogP contribution in [0.3, 0.4) is 0 Å². The van der Waals surface area contributed by atoms with Crippen molar-refractivity contribution in [2.45, 2.75) is 45.3 Å². The van der Waals surface area contributed by atoms with Crippen molar-refractivity contribution in [2.75, 3.05) is 34.4 Å². The second-order valence-corrected chi connectivity index (χ2v) is 8.54. The van der Waals surface area contributed by atoms with Gasteiger partial charge in [0.25, 0.3) is 0 Å². The van der Waals surface area contributed by atoms with Crippen LogP contribution in [-0.4, -0.2) is 73.5 Å². The van der Waals surface area contributed by atoms with Gasteiger partial charge in [0.1, 0.15) is 11.4 Å². The van der Waals surface area contributed by atoms with Gasteiger partial charge in [-0.05, 0) is 69.1 Å². The number of likely N-dealkylation sites (tertiary alicyclic amines) is 2. The molecule has 0 unspecified atom stereocenters. The number of likely N-dealkylation sites (N-methyl/N-ethyl adjacent to an activating group) is 1. The lowest BCUT2D eigenvalue weighted by atomic mass is 9.96. The third-order valence-corrected chi connectivity index (χ3v) is 6.83. The monoisotopic (exact) mass is 439 g/mol. The number of carbonyl (C=O) groups excluding carboxylic acids is 2. The molecule has 2 aliphatic heterocycles. The Bertz CT molecular complexity index is 958. The van der Waals surface area contributed by atoms with E-state index < -0.39 is 5.97 Å². The van der Waals surface area contributed by atoms with E-state index in [0.29, 0.717) is 23.6 Å². The largest absolute Gasteiger partial charge is 0.496 e. The minimum absolute atomic E-state index is 0.294. The molecule has 3 atom stereocenters. The van der Waals surface area contributed by atoms with Crippen LogP contribution in [0.15, 0.2) is 30.5 Å². The molecule has 0 N–H and O–H groups in total. The molecule has 172 valence electrons. The highest BCUT2D eigenvalue weighted by atomic mass is 16.5. The Hall–Kier alpha value is -2.77. The van der Waals surface area contributed by atoms with Crippen LogP contribution in [0.4, 0.5) is 0 Å². The first kappa shape index (κ1) is 23.9. The van der Waals surface area contributed by atoms with E-state index in [-0.39, 0.29) is 0 Å². The Morgan fingerprint density at radius 2 is 1.88 bits per heavy atom. The predicted molar refractivity (Wildman–Crippen MR) is 123 cm³/mol. The number of aldehydes is 1. The van der Waals surface area contributed by atoms with Crippen molar-refractivity contribution in [3.63, 3.8) is 0 Å². The maximum absolute atomic E-state index is 10.9. The second-order valence-electron chi connectivity index (χ2n) is 8.54. The van der Waals surface area contributed by atoms with Crippen molar-refractivity contribution >= 4 is 12.3 Å². The van der Waals surface area contributed by atoms with E-state index in [9.17, 15) is 9.59 Å². The molecule has 2 saturated heterocycles. The van der Waals surface area contributed by atoms with Crippen LogP contribution < -0.4 is 4.74 Å². The van der Waals surface area contributed by atoms with Crippen LogP contribution in [0.2, 0.25) is 0 Å². The SMILES string of the molecule is COC(=O)c1ccc(C=O)nc1.COc1ccc([C@H](C)N2C[C@@H]3C[C@H]2CN3C)c(C)c1C. The van der Waals surface area contributed by atoms with Crippen molar-refractivity contribution in [3.8, 4) is 5.75 Å². The molecule has 0 amide bonds. The lowest BCUT2D eigenvalue weighted by Gasteiger charge is -2.37. The average Bonchev–Trinajstić information content (AvgIpc) is 3.40. The predicted octanol–water partition coefficient (Wildman–Crippen LogP) is 3.44. The number of nitrogens with zero attached hydrogens (tertiary/aromatic N) is 3. The lowest BCUT2D eigenvalue weighted by molar-refractivity contribution is 0.0600. The molecule has 32 heavy (non-hydrogen) atoms. The molecule has 0 saturated carbocycles. The van der Waals surface area contributed by atoms with Crippen LogP contribution in [0.5, 0.6) is 5.75 Å². The zero-order valence-electron chi connectivity index (χ0n) is 19.8. The van der Waals surface area contributed by atoms with Crippen molar-refractivity contribution in [1.82, 2.24) is 14.8 Å². The summed E-state index contributed by atoms with van der Waals surface area (Å²) in [5.74, 6) is 0.543. The van der Waals surface area contributed by atoms with E-state index in [4.69, 9.17) is 4.74 Å². The number of piperazine rings is 1. The Kier molecular flexibility index (Phi) is 7.64. The third kappa shape index (κ3) is 4.84. The topological polar surface area (TPSA) is 72.0 Å². The summed E-state index contributed by atoms with van der Waals surface area (Å²) < 4.78 is 9.87. The van der Waals surface area contributed by atoms with Gasteiger partial charge in [-0.25, -0.2) is 4.79 Å². The number of hydrogen-bond donors (Lipinski definition) is 0. The van der Waals surface area contributed by atoms with Gasteiger partial charge in [-0.1, -0.05) is 6.07 Å². The maximum Gasteiger partial charge on any atom is 0.339 e. The molecule has 7 heteroatoms. The lowest BCUT2D eigenvalue weighted by Crippen LogP contribution is -2.45. The number of fused-ring (bicyclic) bond motifs is 2. The summed E-state index contributed by atoms with van der Waals surface area (Å²) in [6.45, 7) is 9.18. The second kappa shape index (κ2) is 10.2. The van der Waals surface area contributed by atoms with Crippen molar-refractivity contribution in [3.05, 3.63) is 58.4 Å². The third-order valence-electron chi connectivity index (χ3n) is 6.83. The van der Waals surface area contributed by atoms with Crippen molar-refractivity contribution in [1.29, 1.82) is 0 Å². The molecule has 4 rings (SSSR count). The Morgan fingerprint density at radius 1 is 1.12 bits per heavy atom. The zero-order valence-corrected chi connectivity index (χ0v) is 19.8. The molecule has 1 aromatic carbocycles. The van der Waals surface area contributed by atoms with Gasteiger partial charge in [0.15, 0.2) is 6.29 Å². The number of pyridine rings is 1. The van der Waals surface area contributed by atoms with Crippen LogP contribution >= 0.6 is 0 Å². The zero-order chi connectivity index (χ0) is 23.4. The maximum atomic E-state index is 10.9. The molecule has 2 bridgehead atoms. The summed E-state index contributed by atoms with van der Waals surface area (Å²) in [7, 11) is 5.30. The molecule has 0 radical (unpaired) electrons. The summed E-state index contributed by atoms with van der Waals surface area (Å²) in [6, 6.07) is 9.32. The van der Waals surface area contributed by atoms with Crippen LogP contribution in [-0.2, 0) is 4.74 Å². The Balaban J connectivity index is 0.000000207. The van der Waals surface area contributed by atoms with Crippen molar-refractivity contribution < 1.29 is 19.1 Å². The summed E-state index contributed by atoms with van der Waals surface area (Å²) in [5, 5.41) is 0. The number of methoxy groups -OCH3 is 2. The molecule has 1 aromatic heterocycles. The van der Waals surface area contributed by atoms with Gasteiger partial charge in [0, 0.05) is 37.4 Å². The van der Waals surface area contributed by atoms with Crippen LogP contribution in [0.1, 0.15) is 56.9 Å². The smallest absolute Gasteiger partial charge is 0.339 e. The summed E-state index contributed by atoms with van der Waals surface area (Å²) in [4.78, 5) is 29.9. The van der Waals surface area contributed by atoms with Gasteiger partial charge in [0.2, 0.25) is 0 Å². The highest BCUT2D eigenvalue weighted by Gasteiger charge is 2.43. The van der Waals surface area contributed by atoms with Crippen molar-refractivity contribution in [2.24, 2.45) is 0 Å². The minimum Gasteiger partial charge on any atom is -0.496 e. The van der Waals surface area contributed by atoms with E-state index in [1.807, 2.05) is 0 Å². The number of hydrogen-bond acceptors (Lipinski definition) is 7. The highest BCUT2D eigenvalue weighted by Crippen LogP contribution is 2.38. The fourth-order valence-electron chi connectivity index (χ4n) is 4.75. The number of ether oxygens (including phenoxy) is 2. The van der Waals surface area contributed by atoms with E-state index in [1.165, 1.54) is 61.6 Å². The van der Waals surface area contributed by atoms with Gasteiger partial charge in [-0.3, -0.25) is 14.7 Å². The molecular formula is C25H33N3O4. The first-order valence-electron chi connectivity index (χ1n) is 10.9. The fraction of sp³-hybridized carbons (Fsp3) is 0.480. The summed E-state index contributed by atoms with van der Waals surface area (Å²) in [6.07, 6.45) is 3.26. The quantitative estimate of drug-likeness (QED) is 0.522. The molecule has 0 aliphatic carbocycles. The number of benzene rings is 1. The summed E-state index contributed by atoms with van der Waals surface area (Å²) in [5.41, 5.74) is 4.75. The normalized spacial score (nSPS) is 20.9. The molecular weight excluding hydrogens is 406 g/mol. The van der Waals surface area contributed by atoms with E-state index >= 15 is 0 Å². The Labute approximate surface area is 190 Å². The number of rotatable bonds is 5. The minimum atomic E-state index is -0.458. The molecule has 2 aromatic rings. The molecule has 0 spiro atoms. The van der Waals surface area contributed by atoms with Gasteiger partial charge >= 0.3 is 5.97 Å². The molecule has 2 fully saturated rings. The van der Waals surface area contributed by atoms with Gasteiger partial charge in [-0.2, -0.15) is 0 Å². The number of carbonyl (C=O) groups is 2. The van der Waals surface area contributed by atoms with E-state index in [2.05, 4.69) is 59.5 Å². The first-order chi connectivity index (χ1) is 15.3. The van der Waals surface area contributed by atoms with Crippen LogP contribution in [0.25, 0.3) is 0 Å². The molecule has 2 aliphatic rings. The molecule has 3 heterocycles. The van der Waals surface area contributed by atoms with E-state index in [1.54, 1.807) is 7.11 Å². The first-order valence-corrected chi connectivity index (χ1v) is 10.9. The fourth-order valence-corrected chi connectivity index (χ4v) is 4.75.